The SMILES string of the molecule is Cc1[nH]c2ccc(S(C)(=O)=O)cc2c1Sc1ccccc1. The molecule has 0 spiro atoms. The molecule has 5 heteroatoms. The molecular formula is C16H15NO2S2. The zero-order valence-corrected chi connectivity index (χ0v) is 13.4. The van der Waals surface area contributed by atoms with E-state index in [1.807, 2.05) is 43.3 Å². The van der Waals surface area contributed by atoms with E-state index < -0.39 is 9.84 Å². The van der Waals surface area contributed by atoms with Crippen LogP contribution in [0.3, 0.4) is 0 Å². The minimum absolute atomic E-state index is 0.351. The van der Waals surface area contributed by atoms with Gasteiger partial charge in [-0.15, -0.1) is 0 Å². The quantitative estimate of drug-likeness (QED) is 0.793. The first kappa shape index (κ1) is 14.2. The van der Waals surface area contributed by atoms with Crippen molar-refractivity contribution in [3.05, 3.63) is 54.2 Å². The highest BCUT2D eigenvalue weighted by atomic mass is 32.2. The summed E-state index contributed by atoms with van der Waals surface area (Å²) in [6.45, 7) is 2.01. The first-order valence-corrected chi connectivity index (χ1v) is 9.21. The van der Waals surface area contributed by atoms with Gasteiger partial charge >= 0.3 is 0 Å². The van der Waals surface area contributed by atoms with Crippen LogP contribution in [0.4, 0.5) is 0 Å². The van der Waals surface area contributed by atoms with Gasteiger partial charge in [0.15, 0.2) is 9.84 Å². The van der Waals surface area contributed by atoms with Crippen molar-refractivity contribution in [2.24, 2.45) is 0 Å². The fraction of sp³-hybridized carbons (Fsp3) is 0.125. The Bertz CT molecular complexity index is 897. The van der Waals surface area contributed by atoms with Gasteiger partial charge in [-0.2, -0.15) is 0 Å². The number of sulfone groups is 1. The van der Waals surface area contributed by atoms with E-state index in [1.54, 1.807) is 23.9 Å². The van der Waals surface area contributed by atoms with Gasteiger partial charge in [0.05, 0.1) is 4.90 Å². The average molecular weight is 317 g/mol. The van der Waals surface area contributed by atoms with Gasteiger partial charge in [-0.3, -0.25) is 0 Å². The Hall–Kier alpha value is -1.72. The molecule has 3 nitrogen and oxygen atoms in total. The number of nitrogens with one attached hydrogen (secondary N) is 1. The molecule has 3 rings (SSSR count). The highest BCUT2D eigenvalue weighted by Gasteiger charge is 2.14. The summed E-state index contributed by atoms with van der Waals surface area (Å²) in [4.78, 5) is 5.86. The van der Waals surface area contributed by atoms with Crippen molar-refractivity contribution in [3.8, 4) is 0 Å². The fourth-order valence-corrected chi connectivity index (χ4v) is 3.91. The molecule has 0 unspecified atom stereocenters. The topological polar surface area (TPSA) is 49.9 Å². The second kappa shape index (κ2) is 5.24. The number of hydrogen-bond donors (Lipinski definition) is 1. The molecule has 0 saturated heterocycles. The van der Waals surface area contributed by atoms with E-state index in [4.69, 9.17) is 0 Å². The van der Waals surface area contributed by atoms with Crippen molar-refractivity contribution in [2.45, 2.75) is 21.6 Å². The molecule has 0 aliphatic rings. The minimum Gasteiger partial charge on any atom is -0.358 e. The molecule has 1 aromatic heterocycles. The summed E-state index contributed by atoms with van der Waals surface area (Å²) < 4.78 is 23.5. The van der Waals surface area contributed by atoms with Gasteiger partial charge in [-0.1, -0.05) is 30.0 Å². The number of benzene rings is 2. The fourth-order valence-electron chi connectivity index (χ4n) is 2.25. The van der Waals surface area contributed by atoms with Crippen LogP contribution in [0.2, 0.25) is 0 Å². The standard InChI is InChI=1S/C16H15NO2S2/c1-11-16(20-12-6-4-3-5-7-12)14-10-13(21(2,18)19)8-9-15(14)17-11/h3-10,17H,1-2H3. The molecule has 108 valence electrons. The summed E-state index contributed by atoms with van der Waals surface area (Å²) in [6, 6.07) is 15.3. The summed E-state index contributed by atoms with van der Waals surface area (Å²) in [5.74, 6) is 0. The van der Waals surface area contributed by atoms with E-state index in [9.17, 15) is 8.42 Å². The monoisotopic (exact) mass is 317 g/mol. The molecule has 0 fully saturated rings. The number of aryl methyl sites for hydroxylation is 1. The van der Waals surface area contributed by atoms with E-state index in [0.717, 1.165) is 26.4 Å². The van der Waals surface area contributed by atoms with Gasteiger partial charge in [0.1, 0.15) is 0 Å². The van der Waals surface area contributed by atoms with Crippen LogP contribution in [0.5, 0.6) is 0 Å². The average Bonchev–Trinajstić information content (AvgIpc) is 2.75. The highest BCUT2D eigenvalue weighted by molar-refractivity contribution is 7.99. The van der Waals surface area contributed by atoms with Crippen LogP contribution >= 0.6 is 11.8 Å². The minimum atomic E-state index is -3.20. The number of H-pyrrole nitrogens is 1. The lowest BCUT2D eigenvalue weighted by atomic mass is 10.2. The summed E-state index contributed by atoms with van der Waals surface area (Å²) in [5, 5.41) is 0.948. The normalized spacial score (nSPS) is 11.9. The van der Waals surface area contributed by atoms with Crippen LogP contribution in [-0.2, 0) is 9.84 Å². The number of fused-ring (bicyclic) bond motifs is 1. The first-order chi connectivity index (χ1) is 9.95. The molecular weight excluding hydrogens is 302 g/mol. The van der Waals surface area contributed by atoms with Gasteiger partial charge in [-0.05, 0) is 37.3 Å². The second-order valence-electron chi connectivity index (χ2n) is 4.97. The van der Waals surface area contributed by atoms with Crippen molar-refractivity contribution >= 4 is 32.5 Å². The third kappa shape index (κ3) is 2.84. The molecule has 0 saturated carbocycles. The molecule has 0 amide bonds. The van der Waals surface area contributed by atoms with Crippen molar-refractivity contribution in [2.75, 3.05) is 6.26 Å². The Morgan fingerprint density at radius 1 is 1.05 bits per heavy atom. The zero-order valence-electron chi connectivity index (χ0n) is 11.8. The number of aromatic amines is 1. The van der Waals surface area contributed by atoms with Crippen LogP contribution in [0.1, 0.15) is 5.69 Å². The van der Waals surface area contributed by atoms with Crippen LogP contribution in [-0.4, -0.2) is 19.7 Å². The van der Waals surface area contributed by atoms with Gasteiger partial charge in [0.2, 0.25) is 0 Å². The van der Waals surface area contributed by atoms with Gasteiger partial charge < -0.3 is 4.98 Å². The van der Waals surface area contributed by atoms with Crippen LogP contribution < -0.4 is 0 Å². The first-order valence-electron chi connectivity index (χ1n) is 6.50. The van der Waals surface area contributed by atoms with Gasteiger partial charge in [-0.25, -0.2) is 8.42 Å². The summed E-state index contributed by atoms with van der Waals surface area (Å²) in [7, 11) is -3.20. The molecule has 3 aromatic rings. The van der Waals surface area contributed by atoms with E-state index in [-0.39, 0.29) is 0 Å². The highest BCUT2D eigenvalue weighted by Crippen LogP contribution is 2.37. The van der Waals surface area contributed by atoms with E-state index in [0.29, 0.717) is 4.90 Å². The van der Waals surface area contributed by atoms with E-state index in [1.165, 1.54) is 6.26 Å². The predicted octanol–water partition coefficient (Wildman–Crippen LogP) is 4.03. The summed E-state index contributed by atoms with van der Waals surface area (Å²) >= 11 is 1.64. The maximum absolute atomic E-state index is 11.7. The second-order valence-corrected chi connectivity index (χ2v) is 8.07. The Kier molecular flexibility index (Phi) is 3.55. The maximum Gasteiger partial charge on any atom is 0.175 e. The van der Waals surface area contributed by atoms with Crippen molar-refractivity contribution < 1.29 is 8.42 Å². The molecule has 1 N–H and O–H groups in total. The van der Waals surface area contributed by atoms with E-state index >= 15 is 0 Å². The Morgan fingerprint density at radius 2 is 1.76 bits per heavy atom. The number of hydrogen-bond acceptors (Lipinski definition) is 3. The molecule has 2 aromatic carbocycles. The van der Waals surface area contributed by atoms with Crippen molar-refractivity contribution in [1.29, 1.82) is 0 Å². The molecule has 21 heavy (non-hydrogen) atoms. The number of rotatable bonds is 3. The number of aromatic nitrogens is 1. The molecule has 0 atom stereocenters. The maximum atomic E-state index is 11.7. The molecule has 0 radical (unpaired) electrons. The van der Waals surface area contributed by atoms with Crippen LogP contribution in [0.15, 0.2) is 63.2 Å². The van der Waals surface area contributed by atoms with Crippen LogP contribution in [0.25, 0.3) is 10.9 Å². The molecule has 1 heterocycles. The Labute approximate surface area is 128 Å². The molecule has 0 bridgehead atoms. The van der Waals surface area contributed by atoms with Crippen molar-refractivity contribution in [3.63, 3.8) is 0 Å². The third-order valence-corrected chi connectivity index (χ3v) is 5.64. The lowest BCUT2D eigenvalue weighted by Crippen LogP contribution is -1.96. The summed E-state index contributed by atoms with van der Waals surface area (Å²) in [6.07, 6.45) is 1.23. The molecule has 0 aliphatic heterocycles. The summed E-state index contributed by atoms with van der Waals surface area (Å²) in [5.41, 5.74) is 2.00. The zero-order chi connectivity index (χ0) is 15.0. The predicted molar refractivity (Wildman–Crippen MR) is 86.7 cm³/mol. The van der Waals surface area contributed by atoms with E-state index in [2.05, 4.69) is 4.98 Å². The largest absolute Gasteiger partial charge is 0.358 e. The van der Waals surface area contributed by atoms with Crippen molar-refractivity contribution in [1.82, 2.24) is 4.98 Å². The van der Waals surface area contributed by atoms with Gasteiger partial charge in [0, 0.05) is 32.6 Å². The Balaban J connectivity index is 2.15. The lowest BCUT2D eigenvalue weighted by Gasteiger charge is -2.03. The van der Waals surface area contributed by atoms with Gasteiger partial charge in [0.25, 0.3) is 0 Å². The third-order valence-electron chi connectivity index (χ3n) is 3.29. The Morgan fingerprint density at radius 3 is 2.43 bits per heavy atom. The van der Waals surface area contributed by atoms with Crippen LogP contribution in [0, 0.1) is 6.92 Å². The lowest BCUT2D eigenvalue weighted by molar-refractivity contribution is 0.602. The molecule has 0 aliphatic carbocycles. The smallest absolute Gasteiger partial charge is 0.175 e.